The summed E-state index contributed by atoms with van der Waals surface area (Å²) in [6.07, 6.45) is 7.02. The standard InChI is InChI=1S/C25H25N5O/c1-19-24(20(2)30(27-19)23-12-8-5-9-13-23)18-28(3)25(31)15-14-21-16-26-29(17-21)22-10-6-4-7-11-22/h4-17H,18H2,1-3H3. The van der Waals surface area contributed by atoms with Gasteiger partial charge in [0.2, 0.25) is 5.91 Å². The number of carbonyl (C=O) groups is 1. The van der Waals surface area contributed by atoms with Crippen LogP contribution in [0.2, 0.25) is 0 Å². The van der Waals surface area contributed by atoms with Gasteiger partial charge in [0.05, 0.1) is 23.3 Å². The molecule has 0 saturated carbocycles. The molecule has 4 aromatic rings. The molecule has 0 unspecified atom stereocenters. The van der Waals surface area contributed by atoms with Crippen LogP contribution in [0.15, 0.2) is 79.1 Å². The molecule has 0 aliphatic rings. The first kappa shape index (κ1) is 20.3. The fraction of sp³-hybridized carbons (Fsp3) is 0.160. The van der Waals surface area contributed by atoms with Gasteiger partial charge in [0.1, 0.15) is 0 Å². The Balaban J connectivity index is 1.45. The minimum Gasteiger partial charge on any atom is -0.338 e. The van der Waals surface area contributed by atoms with Crippen LogP contribution < -0.4 is 0 Å². The van der Waals surface area contributed by atoms with Gasteiger partial charge in [-0.3, -0.25) is 4.79 Å². The second-order valence-corrected chi connectivity index (χ2v) is 7.48. The van der Waals surface area contributed by atoms with E-state index in [2.05, 4.69) is 10.2 Å². The maximum Gasteiger partial charge on any atom is 0.246 e. The number of rotatable bonds is 6. The molecule has 2 aromatic heterocycles. The Morgan fingerprint density at radius 2 is 1.65 bits per heavy atom. The maximum absolute atomic E-state index is 12.7. The number of aromatic nitrogens is 4. The molecule has 4 rings (SSSR count). The van der Waals surface area contributed by atoms with Crippen molar-refractivity contribution in [2.75, 3.05) is 7.05 Å². The van der Waals surface area contributed by atoms with Gasteiger partial charge in [-0.15, -0.1) is 0 Å². The third-order valence-corrected chi connectivity index (χ3v) is 5.26. The first-order valence-corrected chi connectivity index (χ1v) is 10.2. The third-order valence-electron chi connectivity index (χ3n) is 5.26. The number of likely N-dealkylation sites (N-methyl/N-ethyl adjacent to an activating group) is 1. The lowest BCUT2D eigenvalue weighted by Gasteiger charge is -2.15. The molecule has 0 saturated heterocycles. The van der Waals surface area contributed by atoms with Gasteiger partial charge in [-0.2, -0.15) is 10.2 Å². The van der Waals surface area contributed by atoms with Gasteiger partial charge in [-0.25, -0.2) is 9.36 Å². The summed E-state index contributed by atoms with van der Waals surface area (Å²) >= 11 is 0. The van der Waals surface area contributed by atoms with E-state index in [0.717, 1.165) is 33.9 Å². The summed E-state index contributed by atoms with van der Waals surface area (Å²) in [7, 11) is 1.80. The molecule has 6 nitrogen and oxygen atoms in total. The van der Waals surface area contributed by atoms with Crippen LogP contribution in [-0.2, 0) is 11.3 Å². The summed E-state index contributed by atoms with van der Waals surface area (Å²) in [4.78, 5) is 14.4. The molecule has 31 heavy (non-hydrogen) atoms. The van der Waals surface area contributed by atoms with Crippen LogP contribution in [0.1, 0.15) is 22.5 Å². The Hall–Kier alpha value is -3.93. The number of nitrogens with zero attached hydrogens (tertiary/aromatic N) is 5. The zero-order valence-electron chi connectivity index (χ0n) is 17.9. The normalized spacial score (nSPS) is 11.2. The highest BCUT2D eigenvalue weighted by Crippen LogP contribution is 2.19. The number of benzene rings is 2. The monoisotopic (exact) mass is 411 g/mol. The van der Waals surface area contributed by atoms with E-state index in [1.165, 1.54) is 0 Å². The van der Waals surface area contributed by atoms with Gasteiger partial charge in [0.25, 0.3) is 0 Å². The molecule has 6 heteroatoms. The van der Waals surface area contributed by atoms with Crippen molar-refractivity contribution in [3.8, 4) is 11.4 Å². The second kappa shape index (κ2) is 8.83. The molecule has 2 heterocycles. The average Bonchev–Trinajstić information content (AvgIpc) is 3.39. The van der Waals surface area contributed by atoms with Gasteiger partial charge >= 0.3 is 0 Å². The van der Waals surface area contributed by atoms with E-state index in [9.17, 15) is 4.79 Å². The van der Waals surface area contributed by atoms with E-state index in [-0.39, 0.29) is 5.91 Å². The van der Waals surface area contributed by atoms with Crippen LogP contribution in [0, 0.1) is 13.8 Å². The predicted molar refractivity (Wildman–Crippen MR) is 122 cm³/mol. The molecule has 0 radical (unpaired) electrons. The van der Waals surface area contributed by atoms with Crippen LogP contribution in [0.4, 0.5) is 0 Å². The Kier molecular flexibility index (Phi) is 5.80. The quantitative estimate of drug-likeness (QED) is 0.443. The highest BCUT2D eigenvalue weighted by molar-refractivity contribution is 5.91. The zero-order valence-corrected chi connectivity index (χ0v) is 17.9. The molecule has 0 atom stereocenters. The molecular weight excluding hydrogens is 386 g/mol. The van der Waals surface area contributed by atoms with Crippen molar-refractivity contribution in [1.82, 2.24) is 24.5 Å². The van der Waals surface area contributed by atoms with E-state index < -0.39 is 0 Å². The van der Waals surface area contributed by atoms with E-state index in [0.29, 0.717) is 6.54 Å². The highest BCUT2D eigenvalue weighted by Gasteiger charge is 2.16. The number of hydrogen-bond donors (Lipinski definition) is 0. The zero-order chi connectivity index (χ0) is 21.8. The first-order chi connectivity index (χ1) is 15.0. The summed E-state index contributed by atoms with van der Waals surface area (Å²) in [5, 5.41) is 9.03. The third kappa shape index (κ3) is 4.48. The van der Waals surface area contributed by atoms with Gasteiger partial charge in [0, 0.05) is 42.7 Å². The Labute approximate surface area is 182 Å². The lowest BCUT2D eigenvalue weighted by Crippen LogP contribution is -2.24. The van der Waals surface area contributed by atoms with E-state index in [1.807, 2.05) is 85.4 Å². The number of para-hydroxylation sites is 2. The molecule has 0 N–H and O–H groups in total. The number of amides is 1. The fourth-order valence-electron chi connectivity index (χ4n) is 3.48. The lowest BCUT2D eigenvalue weighted by molar-refractivity contribution is -0.125. The van der Waals surface area contributed by atoms with Crippen LogP contribution in [0.3, 0.4) is 0 Å². The van der Waals surface area contributed by atoms with Gasteiger partial charge < -0.3 is 4.90 Å². The summed E-state index contributed by atoms with van der Waals surface area (Å²) in [5.74, 6) is -0.0706. The van der Waals surface area contributed by atoms with E-state index in [4.69, 9.17) is 0 Å². The average molecular weight is 412 g/mol. The molecule has 0 aliphatic heterocycles. The summed E-state index contributed by atoms with van der Waals surface area (Å²) in [5.41, 5.74) is 5.89. The van der Waals surface area contributed by atoms with Crippen molar-refractivity contribution in [2.45, 2.75) is 20.4 Å². The molecule has 1 amide bonds. The lowest BCUT2D eigenvalue weighted by atomic mass is 10.2. The first-order valence-electron chi connectivity index (χ1n) is 10.2. The Bertz CT molecular complexity index is 1210. The Morgan fingerprint density at radius 3 is 2.32 bits per heavy atom. The van der Waals surface area contributed by atoms with Crippen molar-refractivity contribution in [2.24, 2.45) is 0 Å². The van der Waals surface area contributed by atoms with Crippen LogP contribution >= 0.6 is 0 Å². The molecule has 0 bridgehead atoms. The van der Waals surface area contributed by atoms with Crippen LogP contribution in [0.25, 0.3) is 17.5 Å². The minimum atomic E-state index is -0.0706. The summed E-state index contributed by atoms with van der Waals surface area (Å²) in [6, 6.07) is 19.9. The second-order valence-electron chi connectivity index (χ2n) is 7.48. The van der Waals surface area contributed by atoms with Gasteiger partial charge in [0.15, 0.2) is 0 Å². The van der Waals surface area contributed by atoms with Crippen molar-refractivity contribution < 1.29 is 4.79 Å². The predicted octanol–water partition coefficient (Wildman–Crippen LogP) is 4.35. The number of carbonyl (C=O) groups excluding carboxylic acids is 1. The molecule has 156 valence electrons. The summed E-state index contributed by atoms with van der Waals surface area (Å²) < 4.78 is 3.72. The van der Waals surface area contributed by atoms with Crippen molar-refractivity contribution in [3.05, 3.63) is 102 Å². The highest BCUT2D eigenvalue weighted by atomic mass is 16.2. The van der Waals surface area contributed by atoms with Crippen LogP contribution in [-0.4, -0.2) is 37.4 Å². The van der Waals surface area contributed by atoms with E-state index >= 15 is 0 Å². The summed E-state index contributed by atoms with van der Waals surface area (Å²) in [6.45, 7) is 4.51. The van der Waals surface area contributed by atoms with Crippen molar-refractivity contribution in [3.63, 3.8) is 0 Å². The van der Waals surface area contributed by atoms with E-state index in [1.54, 1.807) is 35.0 Å². The van der Waals surface area contributed by atoms with Crippen LogP contribution in [0.5, 0.6) is 0 Å². The SMILES string of the molecule is Cc1nn(-c2ccccc2)c(C)c1CN(C)C(=O)C=Cc1cnn(-c2ccccc2)c1. The Morgan fingerprint density at radius 1 is 1.00 bits per heavy atom. The van der Waals surface area contributed by atoms with Crippen molar-refractivity contribution in [1.29, 1.82) is 0 Å². The largest absolute Gasteiger partial charge is 0.338 e. The van der Waals surface area contributed by atoms with Gasteiger partial charge in [-0.1, -0.05) is 36.4 Å². The molecule has 0 aliphatic carbocycles. The van der Waals surface area contributed by atoms with Gasteiger partial charge in [-0.05, 0) is 44.2 Å². The minimum absolute atomic E-state index is 0.0706. The fourth-order valence-corrected chi connectivity index (χ4v) is 3.48. The number of hydrogen-bond acceptors (Lipinski definition) is 3. The smallest absolute Gasteiger partial charge is 0.246 e. The number of aryl methyl sites for hydroxylation is 1. The molecular formula is C25H25N5O. The topological polar surface area (TPSA) is 56.0 Å². The maximum atomic E-state index is 12.7. The molecule has 0 fully saturated rings. The molecule has 2 aromatic carbocycles. The molecule has 0 spiro atoms. The van der Waals surface area contributed by atoms with Crippen molar-refractivity contribution >= 4 is 12.0 Å².